The average Bonchev–Trinajstić information content (AvgIpc) is 3.09. The Bertz CT molecular complexity index is 1070. The van der Waals surface area contributed by atoms with Crippen molar-refractivity contribution in [1.29, 1.82) is 0 Å². The number of rotatable bonds is 5. The molecule has 0 atom stereocenters. The molecule has 0 aliphatic heterocycles. The zero-order valence-electron chi connectivity index (χ0n) is 13.9. The van der Waals surface area contributed by atoms with Crippen LogP contribution in [-0.2, 0) is 0 Å². The molecule has 3 rings (SSSR count). The molecule has 11 heteroatoms. The third-order valence-electron chi connectivity index (χ3n) is 3.58. The summed E-state index contributed by atoms with van der Waals surface area (Å²) in [4.78, 5) is 25.5. The minimum atomic E-state index is -1.23. The third-order valence-corrected chi connectivity index (χ3v) is 4.55. The van der Waals surface area contributed by atoms with Crippen LogP contribution in [0, 0.1) is 10.1 Å². The lowest BCUT2D eigenvalue weighted by Crippen LogP contribution is -2.19. The Morgan fingerprint density at radius 3 is 2.50 bits per heavy atom. The number of aromatic carboxylic acids is 1. The van der Waals surface area contributed by atoms with Gasteiger partial charge in [0.1, 0.15) is 11.3 Å². The molecule has 4 N–H and O–H groups in total. The standard InChI is InChI=1S/C17H12N4O5S2/c22-14-7-10(3-6-12(14)15(23)24)18-16(27)20-17-19-13(8-28-17)9-1-4-11(5-2-9)21(25)26/h1-8,22H,(H,23,24)(H2,18,19,20,27). The van der Waals surface area contributed by atoms with Crippen LogP contribution in [-0.4, -0.2) is 31.2 Å². The van der Waals surface area contributed by atoms with Crippen molar-refractivity contribution in [2.45, 2.75) is 0 Å². The van der Waals surface area contributed by atoms with E-state index >= 15 is 0 Å². The van der Waals surface area contributed by atoms with E-state index in [0.717, 1.165) is 5.56 Å². The summed E-state index contributed by atoms with van der Waals surface area (Å²) in [6.07, 6.45) is 0. The summed E-state index contributed by atoms with van der Waals surface area (Å²) in [5.74, 6) is -1.61. The van der Waals surface area contributed by atoms with E-state index in [0.29, 0.717) is 16.5 Å². The van der Waals surface area contributed by atoms with Gasteiger partial charge in [-0.2, -0.15) is 0 Å². The van der Waals surface area contributed by atoms with E-state index in [1.165, 1.54) is 41.7 Å². The number of benzene rings is 2. The highest BCUT2D eigenvalue weighted by atomic mass is 32.1. The number of carboxylic acid groups (broad SMARTS) is 1. The molecule has 9 nitrogen and oxygen atoms in total. The van der Waals surface area contributed by atoms with Gasteiger partial charge in [-0.3, -0.25) is 10.1 Å². The number of nitrogens with one attached hydrogen (secondary N) is 2. The summed E-state index contributed by atoms with van der Waals surface area (Å²) in [6.45, 7) is 0. The fourth-order valence-corrected chi connectivity index (χ4v) is 3.27. The van der Waals surface area contributed by atoms with E-state index in [-0.39, 0.29) is 22.1 Å². The van der Waals surface area contributed by atoms with Gasteiger partial charge in [0.25, 0.3) is 5.69 Å². The van der Waals surface area contributed by atoms with Crippen LogP contribution in [0.15, 0.2) is 47.8 Å². The molecule has 0 spiro atoms. The van der Waals surface area contributed by atoms with Gasteiger partial charge in [0.05, 0.1) is 10.6 Å². The van der Waals surface area contributed by atoms with Crippen LogP contribution < -0.4 is 10.6 Å². The Balaban J connectivity index is 1.66. The van der Waals surface area contributed by atoms with Gasteiger partial charge in [0.15, 0.2) is 10.2 Å². The van der Waals surface area contributed by atoms with E-state index in [9.17, 15) is 20.0 Å². The van der Waals surface area contributed by atoms with Gasteiger partial charge in [0.2, 0.25) is 0 Å². The minimum Gasteiger partial charge on any atom is -0.507 e. The molecule has 1 heterocycles. The summed E-state index contributed by atoms with van der Waals surface area (Å²) in [7, 11) is 0. The predicted molar refractivity (Wildman–Crippen MR) is 109 cm³/mol. The number of thiocarbonyl (C=S) groups is 1. The minimum absolute atomic E-state index is 0.000116. The largest absolute Gasteiger partial charge is 0.507 e. The van der Waals surface area contributed by atoms with Gasteiger partial charge >= 0.3 is 5.97 Å². The highest BCUT2D eigenvalue weighted by Gasteiger charge is 2.12. The van der Waals surface area contributed by atoms with Crippen molar-refractivity contribution in [1.82, 2.24) is 4.98 Å². The molecular formula is C17H12N4O5S2. The number of hydrogen-bond donors (Lipinski definition) is 4. The first kappa shape index (κ1) is 19.2. The zero-order chi connectivity index (χ0) is 20.3. The molecule has 0 fully saturated rings. The number of non-ortho nitro benzene ring substituents is 1. The first-order chi connectivity index (χ1) is 13.3. The lowest BCUT2D eigenvalue weighted by atomic mass is 10.1. The summed E-state index contributed by atoms with van der Waals surface area (Å²) >= 11 is 6.48. The number of carboxylic acids is 1. The quantitative estimate of drug-likeness (QED) is 0.277. The number of thiazole rings is 1. The fraction of sp³-hybridized carbons (Fsp3) is 0. The lowest BCUT2D eigenvalue weighted by molar-refractivity contribution is -0.384. The molecule has 0 aliphatic rings. The number of phenols is 1. The van der Waals surface area contributed by atoms with E-state index < -0.39 is 10.9 Å². The first-order valence-corrected chi connectivity index (χ1v) is 8.97. The second-order valence-electron chi connectivity index (χ2n) is 5.46. The molecule has 0 saturated heterocycles. The van der Waals surface area contributed by atoms with Gasteiger partial charge in [-0.1, -0.05) is 0 Å². The molecule has 0 saturated carbocycles. The smallest absolute Gasteiger partial charge is 0.339 e. The van der Waals surface area contributed by atoms with Crippen molar-refractivity contribution in [3.63, 3.8) is 0 Å². The molecule has 28 heavy (non-hydrogen) atoms. The van der Waals surface area contributed by atoms with Crippen molar-refractivity contribution in [3.8, 4) is 17.0 Å². The monoisotopic (exact) mass is 416 g/mol. The molecular weight excluding hydrogens is 404 g/mol. The van der Waals surface area contributed by atoms with Crippen LogP contribution in [0.2, 0.25) is 0 Å². The van der Waals surface area contributed by atoms with Crippen LogP contribution in [0.3, 0.4) is 0 Å². The summed E-state index contributed by atoms with van der Waals surface area (Å²) < 4.78 is 0. The lowest BCUT2D eigenvalue weighted by Gasteiger charge is -2.09. The number of nitrogens with zero attached hydrogens (tertiary/aromatic N) is 2. The number of carbonyl (C=O) groups is 1. The maximum atomic E-state index is 10.9. The summed E-state index contributed by atoms with van der Waals surface area (Å²) in [5.41, 5.74) is 1.56. The SMILES string of the molecule is O=C(O)c1ccc(NC(=S)Nc2nc(-c3ccc([N+](=O)[O-])cc3)cs2)cc1O. The summed E-state index contributed by atoms with van der Waals surface area (Å²) in [5, 5.41) is 37.5. The van der Waals surface area contributed by atoms with Gasteiger partial charge in [-0.25, -0.2) is 9.78 Å². The Hall–Kier alpha value is -3.57. The molecule has 0 amide bonds. The number of aromatic hydroxyl groups is 1. The van der Waals surface area contributed by atoms with E-state index in [1.807, 2.05) is 0 Å². The molecule has 3 aromatic rings. The van der Waals surface area contributed by atoms with E-state index in [2.05, 4.69) is 15.6 Å². The molecule has 0 radical (unpaired) electrons. The van der Waals surface area contributed by atoms with Crippen molar-refractivity contribution < 1.29 is 19.9 Å². The molecule has 0 bridgehead atoms. The Kier molecular flexibility index (Phi) is 5.47. The van der Waals surface area contributed by atoms with Crippen molar-refractivity contribution in [3.05, 3.63) is 63.5 Å². The van der Waals surface area contributed by atoms with Gasteiger partial charge in [-0.15, -0.1) is 11.3 Å². The molecule has 142 valence electrons. The number of aromatic nitrogens is 1. The van der Waals surface area contributed by atoms with Crippen LogP contribution in [0.1, 0.15) is 10.4 Å². The van der Waals surface area contributed by atoms with Crippen molar-refractivity contribution >= 4 is 51.1 Å². The summed E-state index contributed by atoms with van der Waals surface area (Å²) in [6, 6.07) is 10.0. The van der Waals surface area contributed by atoms with E-state index in [4.69, 9.17) is 17.3 Å². The van der Waals surface area contributed by atoms with Crippen LogP contribution in [0.5, 0.6) is 5.75 Å². The number of anilines is 2. The maximum Gasteiger partial charge on any atom is 0.339 e. The Morgan fingerprint density at radius 1 is 1.18 bits per heavy atom. The van der Waals surface area contributed by atoms with Gasteiger partial charge in [0, 0.05) is 34.8 Å². The normalized spacial score (nSPS) is 10.3. The first-order valence-electron chi connectivity index (χ1n) is 7.68. The Labute approximate surface area is 167 Å². The van der Waals surface area contributed by atoms with Crippen molar-refractivity contribution in [2.24, 2.45) is 0 Å². The number of nitro groups is 1. The zero-order valence-corrected chi connectivity index (χ0v) is 15.6. The second kappa shape index (κ2) is 7.98. The van der Waals surface area contributed by atoms with Crippen LogP contribution in [0.25, 0.3) is 11.3 Å². The highest BCUT2D eigenvalue weighted by Crippen LogP contribution is 2.27. The molecule has 0 unspecified atom stereocenters. The van der Waals surface area contributed by atoms with Crippen LogP contribution >= 0.6 is 23.6 Å². The molecule has 1 aromatic heterocycles. The molecule has 0 aliphatic carbocycles. The van der Waals surface area contributed by atoms with Crippen molar-refractivity contribution in [2.75, 3.05) is 10.6 Å². The predicted octanol–water partition coefficient (Wildman–Crippen LogP) is 3.93. The molecule has 2 aromatic carbocycles. The number of hydrogen-bond acceptors (Lipinski definition) is 7. The topological polar surface area (TPSA) is 138 Å². The van der Waals surface area contributed by atoms with E-state index in [1.54, 1.807) is 17.5 Å². The second-order valence-corrected chi connectivity index (χ2v) is 6.72. The Morgan fingerprint density at radius 2 is 1.89 bits per heavy atom. The van der Waals surface area contributed by atoms with Gasteiger partial charge < -0.3 is 20.8 Å². The van der Waals surface area contributed by atoms with Gasteiger partial charge in [-0.05, 0) is 36.5 Å². The average molecular weight is 416 g/mol. The number of nitro benzene ring substituents is 1. The highest BCUT2D eigenvalue weighted by molar-refractivity contribution is 7.80. The maximum absolute atomic E-state index is 10.9. The third kappa shape index (κ3) is 4.39. The fourth-order valence-electron chi connectivity index (χ4n) is 2.27. The van der Waals surface area contributed by atoms with Crippen LogP contribution in [0.4, 0.5) is 16.5 Å².